The van der Waals surface area contributed by atoms with Gasteiger partial charge >= 0.3 is 0 Å². The Labute approximate surface area is 202 Å². The van der Waals surface area contributed by atoms with Crippen molar-refractivity contribution >= 4 is 40.0 Å². The molecule has 1 amide bonds. The Kier molecular flexibility index (Phi) is 6.64. The topological polar surface area (TPSA) is 102 Å². The lowest BCUT2D eigenvalue weighted by Crippen LogP contribution is -2.35. The zero-order chi connectivity index (χ0) is 23.5. The Hall–Kier alpha value is -3.17. The Bertz CT molecular complexity index is 1200. The molecule has 3 aromatic heterocycles. The van der Waals surface area contributed by atoms with Gasteiger partial charge in [0.2, 0.25) is 0 Å². The SMILES string of the molecule is COc1cnc2ncc(Cl)c(N3CCC(CCNCc4ccc5c(n4)NC(=O)CO5)CC3)c2c1. The van der Waals surface area contributed by atoms with E-state index in [4.69, 9.17) is 21.1 Å². The van der Waals surface area contributed by atoms with Crippen molar-refractivity contribution < 1.29 is 14.3 Å². The number of hydrogen-bond acceptors (Lipinski definition) is 8. The molecule has 9 nitrogen and oxygen atoms in total. The number of halogens is 1. The first kappa shape index (κ1) is 22.6. The van der Waals surface area contributed by atoms with E-state index in [9.17, 15) is 4.79 Å². The highest BCUT2D eigenvalue weighted by molar-refractivity contribution is 6.34. The summed E-state index contributed by atoms with van der Waals surface area (Å²) in [5, 5.41) is 7.79. The van der Waals surface area contributed by atoms with E-state index in [0.29, 0.717) is 40.4 Å². The molecule has 0 unspecified atom stereocenters. The zero-order valence-electron chi connectivity index (χ0n) is 19.0. The molecule has 178 valence electrons. The maximum Gasteiger partial charge on any atom is 0.263 e. The van der Waals surface area contributed by atoms with Crippen LogP contribution in [0.15, 0.2) is 30.6 Å². The molecule has 0 radical (unpaired) electrons. The summed E-state index contributed by atoms with van der Waals surface area (Å²) in [6.07, 6.45) is 6.65. The molecule has 0 saturated carbocycles. The highest BCUT2D eigenvalue weighted by Gasteiger charge is 2.23. The Balaban J connectivity index is 1.13. The first-order valence-electron chi connectivity index (χ1n) is 11.5. The fourth-order valence-electron chi connectivity index (χ4n) is 4.53. The maximum absolute atomic E-state index is 11.5. The van der Waals surface area contributed by atoms with Crippen molar-refractivity contribution in [2.45, 2.75) is 25.8 Å². The number of pyridine rings is 3. The molecule has 1 saturated heterocycles. The second kappa shape index (κ2) is 9.99. The number of amides is 1. The molecule has 2 N–H and O–H groups in total. The molecule has 2 aliphatic heterocycles. The first-order chi connectivity index (χ1) is 16.6. The van der Waals surface area contributed by atoms with Crippen molar-refractivity contribution in [1.29, 1.82) is 0 Å². The summed E-state index contributed by atoms with van der Waals surface area (Å²) in [7, 11) is 1.63. The average Bonchev–Trinajstić information content (AvgIpc) is 2.86. The van der Waals surface area contributed by atoms with Gasteiger partial charge in [-0.2, -0.15) is 0 Å². The van der Waals surface area contributed by atoms with Gasteiger partial charge in [-0.05, 0) is 49.9 Å². The summed E-state index contributed by atoms with van der Waals surface area (Å²) in [6.45, 7) is 3.47. The van der Waals surface area contributed by atoms with Gasteiger partial charge in [0, 0.05) is 25.0 Å². The normalized spacial score (nSPS) is 16.2. The van der Waals surface area contributed by atoms with E-state index in [-0.39, 0.29) is 12.5 Å². The fourth-order valence-corrected chi connectivity index (χ4v) is 4.80. The van der Waals surface area contributed by atoms with Crippen LogP contribution in [0.3, 0.4) is 0 Å². The van der Waals surface area contributed by atoms with E-state index >= 15 is 0 Å². The minimum atomic E-state index is -0.173. The summed E-state index contributed by atoms with van der Waals surface area (Å²) in [5.41, 5.74) is 2.54. The molecule has 0 atom stereocenters. The predicted octanol–water partition coefficient (Wildman–Crippen LogP) is 3.41. The van der Waals surface area contributed by atoms with Crippen LogP contribution in [-0.4, -0.2) is 54.2 Å². The predicted molar refractivity (Wildman–Crippen MR) is 131 cm³/mol. The van der Waals surface area contributed by atoms with E-state index < -0.39 is 0 Å². The number of piperidine rings is 1. The number of rotatable bonds is 7. The number of ether oxygens (including phenoxy) is 2. The van der Waals surface area contributed by atoms with Gasteiger partial charge < -0.3 is 25.0 Å². The van der Waals surface area contributed by atoms with Crippen LogP contribution in [0.2, 0.25) is 5.02 Å². The van der Waals surface area contributed by atoms with Gasteiger partial charge in [0.1, 0.15) is 5.75 Å². The van der Waals surface area contributed by atoms with Crippen molar-refractivity contribution in [3.63, 3.8) is 0 Å². The molecule has 34 heavy (non-hydrogen) atoms. The number of anilines is 2. The molecule has 0 bridgehead atoms. The number of fused-ring (bicyclic) bond motifs is 2. The number of nitrogens with zero attached hydrogens (tertiary/aromatic N) is 4. The number of carbonyl (C=O) groups is 1. The van der Waals surface area contributed by atoms with Gasteiger partial charge in [0.25, 0.3) is 5.91 Å². The Morgan fingerprint density at radius 1 is 1.26 bits per heavy atom. The Morgan fingerprint density at radius 2 is 2.09 bits per heavy atom. The monoisotopic (exact) mass is 482 g/mol. The van der Waals surface area contributed by atoms with E-state index in [1.807, 2.05) is 18.2 Å². The highest BCUT2D eigenvalue weighted by Crippen LogP contribution is 2.36. The van der Waals surface area contributed by atoms with Crippen molar-refractivity contribution in [3.8, 4) is 11.5 Å². The van der Waals surface area contributed by atoms with Crippen LogP contribution in [0.25, 0.3) is 11.0 Å². The minimum absolute atomic E-state index is 0.0414. The number of aromatic nitrogens is 3. The molecule has 2 aliphatic rings. The zero-order valence-corrected chi connectivity index (χ0v) is 19.8. The van der Waals surface area contributed by atoms with Gasteiger partial charge in [-0.3, -0.25) is 4.79 Å². The van der Waals surface area contributed by atoms with Gasteiger partial charge in [-0.25, -0.2) is 15.0 Å². The van der Waals surface area contributed by atoms with Gasteiger partial charge in [-0.1, -0.05) is 11.6 Å². The molecular weight excluding hydrogens is 456 g/mol. The minimum Gasteiger partial charge on any atom is -0.495 e. The summed E-state index contributed by atoms with van der Waals surface area (Å²) in [4.78, 5) is 27.1. The third-order valence-electron chi connectivity index (χ3n) is 6.36. The van der Waals surface area contributed by atoms with Crippen LogP contribution in [0.4, 0.5) is 11.5 Å². The second-order valence-corrected chi connectivity index (χ2v) is 8.99. The molecule has 5 rings (SSSR count). The molecule has 5 heterocycles. The molecular formula is C24H27ClN6O3. The first-order valence-corrected chi connectivity index (χ1v) is 11.8. The van der Waals surface area contributed by atoms with Crippen molar-refractivity contribution in [3.05, 3.63) is 41.3 Å². The average molecular weight is 483 g/mol. The number of hydrogen-bond donors (Lipinski definition) is 2. The van der Waals surface area contributed by atoms with Crippen molar-refractivity contribution in [2.24, 2.45) is 5.92 Å². The largest absolute Gasteiger partial charge is 0.495 e. The summed E-state index contributed by atoms with van der Waals surface area (Å²) >= 11 is 6.56. The van der Waals surface area contributed by atoms with E-state index in [1.165, 1.54) is 0 Å². The smallest absolute Gasteiger partial charge is 0.263 e. The molecule has 0 aromatic carbocycles. The molecule has 1 fully saturated rings. The summed E-state index contributed by atoms with van der Waals surface area (Å²) < 4.78 is 10.7. The molecule has 3 aromatic rings. The Morgan fingerprint density at radius 3 is 2.91 bits per heavy atom. The number of methoxy groups -OCH3 is 1. The van der Waals surface area contributed by atoms with E-state index in [1.54, 1.807) is 19.5 Å². The lowest BCUT2D eigenvalue weighted by molar-refractivity contribution is -0.118. The van der Waals surface area contributed by atoms with Crippen LogP contribution >= 0.6 is 11.6 Å². The van der Waals surface area contributed by atoms with Crippen molar-refractivity contribution in [1.82, 2.24) is 20.3 Å². The lowest BCUT2D eigenvalue weighted by atomic mass is 9.93. The third kappa shape index (κ3) is 4.85. The molecule has 0 aliphatic carbocycles. The number of carbonyl (C=O) groups excluding carboxylic acids is 1. The highest BCUT2D eigenvalue weighted by atomic mass is 35.5. The van der Waals surface area contributed by atoms with Crippen LogP contribution in [0, 0.1) is 5.92 Å². The molecule has 0 spiro atoms. The summed E-state index contributed by atoms with van der Waals surface area (Å²) in [5.74, 6) is 2.28. The van der Waals surface area contributed by atoms with Gasteiger partial charge in [0.05, 0.1) is 35.9 Å². The third-order valence-corrected chi connectivity index (χ3v) is 6.63. The second-order valence-electron chi connectivity index (χ2n) is 8.58. The van der Waals surface area contributed by atoms with Crippen LogP contribution in [-0.2, 0) is 11.3 Å². The van der Waals surface area contributed by atoms with E-state index in [0.717, 1.165) is 55.7 Å². The molecule has 10 heteroatoms. The van der Waals surface area contributed by atoms with Crippen molar-refractivity contribution in [2.75, 3.05) is 43.6 Å². The van der Waals surface area contributed by atoms with Crippen LogP contribution in [0.1, 0.15) is 25.0 Å². The summed E-state index contributed by atoms with van der Waals surface area (Å²) in [6, 6.07) is 5.74. The quantitative estimate of drug-likeness (QED) is 0.494. The maximum atomic E-state index is 11.5. The number of nitrogens with one attached hydrogen (secondary N) is 2. The lowest BCUT2D eigenvalue weighted by Gasteiger charge is -2.34. The van der Waals surface area contributed by atoms with E-state index in [2.05, 4.69) is 30.5 Å². The fraction of sp³-hybridized carbons (Fsp3) is 0.417. The standard InChI is InChI=1S/C24H27ClN6O3/c1-33-17-10-18-22(19(25)13-28-23(18)27-12-17)31-8-5-15(6-9-31)4-7-26-11-16-2-3-20-24(29-16)30-21(32)14-34-20/h2-3,10,12-13,15,26H,4-9,11,14H2,1H3,(H,29,30,32). The van der Waals surface area contributed by atoms with Crippen LogP contribution in [0.5, 0.6) is 11.5 Å². The van der Waals surface area contributed by atoms with Gasteiger partial charge in [-0.15, -0.1) is 0 Å². The van der Waals surface area contributed by atoms with Crippen LogP contribution < -0.4 is 25.0 Å². The van der Waals surface area contributed by atoms with Gasteiger partial charge in [0.15, 0.2) is 23.8 Å².